The molecule has 0 aliphatic heterocycles. The molecule has 12 rings (SSSR count). The summed E-state index contributed by atoms with van der Waals surface area (Å²) in [6.45, 7) is 6.67. The van der Waals surface area contributed by atoms with Crippen LogP contribution < -0.4 is 0 Å². The predicted octanol–water partition coefficient (Wildman–Crippen LogP) is 18.7. The van der Waals surface area contributed by atoms with Crippen molar-refractivity contribution in [3.05, 3.63) is 228 Å². The molecule has 0 fully saturated rings. The maximum Gasteiger partial charge on any atom is 0.417 e. The molecule has 7 aromatic carbocycles. The van der Waals surface area contributed by atoms with E-state index in [4.69, 9.17) is 0 Å². The molecule has 0 spiro atoms. The van der Waals surface area contributed by atoms with E-state index in [1.54, 1.807) is 6.07 Å². The maximum atomic E-state index is 15.4. The minimum atomic E-state index is -5.18. The lowest BCUT2D eigenvalue weighted by atomic mass is 9.58. The molecular weight excluding hydrogens is 949 g/mol. The molecule has 3 aliphatic carbocycles. The van der Waals surface area contributed by atoms with Gasteiger partial charge in [0.1, 0.15) is 11.6 Å². The number of allylic oxidation sites excluding steroid dienone is 9. The third-order valence-corrected chi connectivity index (χ3v) is 16.1. The number of rotatable bonds is 7. The smallest absolute Gasteiger partial charge is 0.308 e. The summed E-state index contributed by atoms with van der Waals surface area (Å²) in [5.41, 5.74) is 6.61. The molecule has 2 aromatic heterocycles. The average Bonchev–Trinajstić information content (AvgIpc) is 3.91. The second kappa shape index (κ2) is 17.7. The number of hydrogen-bond acceptors (Lipinski definition) is 1. The number of fused-ring (bicyclic) bond motifs is 6. The van der Waals surface area contributed by atoms with Gasteiger partial charge in [-0.3, -0.25) is 0 Å². The van der Waals surface area contributed by atoms with Crippen LogP contribution in [0, 0.1) is 28.1 Å². The summed E-state index contributed by atoms with van der Waals surface area (Å²) < 4.78 is 93.1. The van der Waals surface area contributed by atoms with Crippen LogP contribution in [0.2, 0.25) is 0 Å². The Morgan fingerprint density at radius 1 is 0.560 bits per heavy atom. The molecule has 370 valence electrons. The third kappa shape index (κ3) is 8.06. The standard InChI is InChI=1S/C66H49F6N3/c1-41-14-13-19-44(32-41)47-22-27-58-52(35-47)51-33-45(42-15-7-4-8-16-42)20-25-57(51)74(58)61-36-48(50-24-23-49(65(67,68)69)38-56(50)66(70,71)72)37-62(55(61)40-73)75-59-26-21-46(43-17-9-5-10-18-43)34-53(59)54-39-64(3,31-28-60(54)75)63(2)29-11-6-12-30-63/h4-13,15-29,31-38,41H,14,30,39H2,1-3H3. The van der Waals surface area contributed by atoms with E-state index in [0.717, 1.165) is 85.2 Å². The lowest BCUT2D eigenvalue weighted by Gasteiger charge is -2.45. The summed E-state index contributed by atoms with van der Waals surface area (Å²) in [4.78, 5) is 0. The first-order chi connectivity index (χ1) is 36.0. The first-order valence-corrected chi connectivity index (χ1v) is 25.2. The fourth-order valence-electron chi connectivity index (χ4n) is 11.8. The van der Waals surface area contributed by atoms with Gasteiger partial charge in [-0.05, 0) is 153 Å². The van der Waals surface area contributed by atoms with Gasteiger partial charge in [0.05, 0.1) is 39.1 Å². The third-order valence-electron chi connectivity index (χ3n) is 16.1. The van der Waals surface area contributed by atoms with Gasteiger partial charge in [-0.25, -0.2) is 0 Å². The Balaban J connectivity index is 1.19. The van der Waals surface area contributed by atoms with Crippen molar-refractivity contribution in [3.8, 4) is 50.8 Å². The van der Waals surface area contributed by atoms with Crippen molar-refractivity contribution in [1.82, 2.24) is 9.13 Å². The summed E-state index contributed by atoms with van der Waals surface area (Å²) in [7, 11) is 0. The highest BCUT2D eigenvalue weighted by atomic mass is 19.4. The molecule has 9 heteroatoms. The lowest BCUT2D eigenvalue weighted by molar-refractivity contribution is -0.142. The normalized spacial score (nSPS) is 19.5. The monoisotopic (exact) mass is 997 g/mol. The minimum Gasteiger partial charge on any atom is -0.308 e. The molecule has 3 aliphatic rings. The molecule has 3 atom stereocenters. The Morgan fingerprint density at radius 3 is 1.75 bits per heavy atom. The van der Waals surface area contributed by atoms with Crippen molar-refractivity contribution in [2.75, 3.05) is 0 Å². The maximum absolute atomic E-state index is 15.4. The van der Waals surface area contributed by atoms with Gasteiger partial charge < -0.3 is 9.13 Å². The topological polar surface area (TPSA) is 33.6 Å². The van der Waals surface area contributed by atoms with Gasteiger partial charge in [0.25, 0.3) is 0 Å². The summed E-state index contributed by atoms with van der Waals surface area (Å²) in [6, 6.07) is 45.8. The molecule has 0 saturated heterocycles. The predicted molar refractivity (Wildman–Crippen MR) is 291 cm³/mol. The van der Waals surface area contributed by atoms with Crippen LogP contribution in [0.25, 0.3) is 89.1 Å². The number of alkyl halides is 6. The van der Waals surface area contributed by atoms with E-state index in [-0.39, 0.29) is 39.4 Å². The van der Waals surface area contributed by atoms with Crippen LogP contribution in [0.3, 0.4) is 0 Å². The van der Waals surface area contributed by atoms with Crippen molar-refractivity contribution < 1.29 is 26.3 Å². The number of hydrogen-bond donors (Lipinski definition) is 0. The van der Waals surface area contributed by atoms with Crippen molar-refractivity contribution in [1.29, 1.82) is 5.26 Å². The molecule has 9 aromatic rings. The quantitative estimate of drug-likeness (QED) is 0.147. The zero-order valence-corrected chi connectivity index (χ0v) is 41.4. The number of halogens is 6. The van der Waals surface area contributed by atoms with E-state index in [2.05, 4.69) is 99.7 Å². The summed E-state index contributed by atoms with van der Waals surface area (Å²) >= 11 is 0. The molecule has 0 saturated carbocycles. The Morgan fingerprint density at radius 2 is 1.16 bits per heavy atom. The molecular formula is C66H49F6N3. The van der Waals surface area contributed by atoms with Crippen molar-refractivity contribution in [3.63, 3.8) is 0 Å². The molecule has 2 heterocycles. The summed E-state index contributed by atoms with van der Waals surface area (Å²) in [5, 5.41) is 14.4. The van der Waals surface area contributed by atoms with Gasteiger partial charge in [-0.2, -0.15) is 31.6 Å². The summed E-state index contributed by atoms with van der Waals surface area (Å²) in [6.07, 6.45) is 11.5. The van der Waals surface area contributed by atoms with Gasteiger partial charge in [-0.15, -0.1) is 0 Å². The Labute approximate surface area is 431 Å². The van der Waals surface area contributed by atoms with Crippen LogP contribution in [-0.4, -0.2) is 9.13 Å². The van der Waals surface area contributed by atoms with Crippen LogP contribution in [0.1, 0.15) is 67.1 Å². The molecule has 0 N–H and O–H groups in total. The van der Waals surface area contributed by atoms with E-state index >= 15 is 13.2 Å². The highest BCUT2D eigenvalue weighted by molar-refractivity contribution is 6.12. The van der Waals surface area contributed by atoms with Crippen LogP contribution >= 0.6 is 0 Å². The van der Waals surface area contributed by atoms with E-state index in [9.17, 15) is 18.4 Å². The zero-order valence-electron chi connectivity index (χ0n) is 41.4. The van der Waals surface area contributed by atoms with Crippen molar-refractivity contribution in [2.24, 2.45) is 16.7 Å². The zero-order chi connectivity index (χ0) is 52.0. The highest BCUT2D eigenvalue weighted by Gasteiger charge is 2.44. The minimum absolute atomic E-state index is 0.00756. The Bertz CT molecular complexity index is 4000. The SMILES string of the molecule is CC1C=C(c2ccc3c(c2)c2cc(-c4ccccc4)ccc2n3-c2cc(-c3ccc(C(F)(F)F)cc3C(F)(F)F)cc(-n3c4c(c5cc(-c6ccccc6)ccc53)CC(C)(C3(C)C=CC=CC3)C=C4)c2C#N)C=CC1. The van der Waals surface area contributed by atoms with Gasteiger partial charge >= 0.3 is 12.4 Å². The molecule has 75 heavy (non-hydrogen) atoms. The van der Waals surface area contributed by atoms with Crippen LogP contribution in [0.4, 0.5) is 26.3 Å². The van der Waals surface area contributed by atoms with Gasteiger partial charge in [0.15, 0.2) is 0 Å². The van der Waals surface area contributed by atoms with Gasteiger partial charge in [0, 0.05) is 21.9 Å². The number of aromatic nitrogens is 2. The first kappa shape index (κ1) is 47.6. The number of nitrogens with zero attached hydrogens (tertiary/aromatic N) is 3. The molecule has 0 bridgehead atoms. The van der Waals surface area contributed by atoms with E-state index in [1.807, 2.05) is 106 Å². The Hall–Kier alpha value is -8.35. The molecule has 3 unspecified atom stereocenters. The average molecular weight is 998 g/mol. The number of benzene rings is 7. The van der Waals surface area contributed by atoms with Crippen LogP contribution in [0.5, 0.6) is 0 Å². The number of nitriles is 1. The van der Waals surface area contributed by atoms with Gasteiger partial charge in [-0.1, -0.05) is 154 Å². The van der Waals surface area contributed by atoms with E-state index < -0.39 is 29.0 Å². The van der Waals surface area contributed by atoms with Crippen molar-refractivity contribution in [2.45, 2.75) is 52.4 Å². The van der Waals surface area contributed by atoms with Crippen LogP contribution in [-0.2, 0) is 18.8 Å². The second-order valence-electron chi connectivity index (χ2n) is 20.8. The molecule has 0 radical (unpaired) electrons. The Kier molecular flexibility index (Phi) is 11.2. The first-order valence-electron chi connectivity index (χ1n) is 25.2. The van der Waals surface area contributed by atoms with E-state index in [1.165, 1.54) is 6.07 Å². The largest absolute Gasteiger partial charge is 0.417 e. The fourth-order valence-corrected chi connectivity index (χ4v) is 11.8. The van der Waals surface area contributed by atoms with Crippen LogP contribution in [0.15, 0.2) is 194 Å². The second-order valence-corrected chi connectivity index (χ2v) is 20.8. The fraction of sp³-hybridized carbons (Fsp3) is 0.167. The molecule has 3 nitrogen and oxygen atoms in total. The lowest BCUT2D eigenvalue weighted by Crippen LogP contribution is -2.38. The van der Waals surface area contributed by atoms with E-state index in [0.29, 0.717) is 29.4 Å². The highest BCUT2D eigenvalue weighted by Crippen LogP contribution is 2.53. The van der Waals surface area contributed by atoms with Crippen molar-refractivity contribution >= 4 is 44.4 Å². The van der Waals surface area contributed by atoms with Gasteiger partial charge in [0.2, 0.25) is 0 Å². The summed E-state index contributed by atoms with van der Waals surface area (Å²) in [5.74, 6) is 0.325. The molecule has 0 amide bonds.